The molecular formula is C17H19NO8S. The van der Waals surface area contributed by atoms with E-state index in [0.717, 1.165) is 0 Å². The molecule has 5 N–H and O–H groups in total. The van der Waals surface area contributed by atoms with Gasteiger partial charge in [-0.2, -0.15) is 0 Å². The number of aliphatic hydroxyl groups excluding tert-OH is 4. The van der Waals surface area contributed by atoms with Crippen molar-refractivity contribution in [1.29, 1.82) is 0 Å². The number of aromatic nitrogens is 1. The zero-order chi connectivity index (χ0) is 19.6. The van der Waals surface area contributed by atoms with E-state index in [0.29, 0.717) is 5.69 Å². The number of aliphatic hydroxyl groups is 4. The van der Waals surface area contributed by atoms with Crippen molar-refractivity contribution >= 4 is 17.1 Å². The number of rotatable bonds is 6. The maximum Gasteiger partial charge on any atom is 0.229 e. The van der Waals surface area contributed by atoms with Gasteiger partial charge < -0.3 is 35.0 Å². The van der Waals surface area contributed by atoms with Gasteiger partial charge in [0.15, 0.2) is 5.78 Å². The van der Waals surface area contributed by atoms with Gasteiger partial charge in [0.2, 0.25) is 6.29 Å². The molecule has 3 rings (SSSR count). The minimum Gasteiger partial charge on any atom is -0.507 e. The summed E-state index contributed by atoms with van der Waals surface area (Å²) >= 11 is 1.37. The molecule has 0 unspecified atom stereocenters. The fourth-order valence-electron chi connectivity index (χ4n) is 2.70. The van der Waals surface area contributed by atoms with Crippen LogP contribution in [-0.2, 0) is 11.2 Å². The van der Waals surface area contributed by atoms with Crippen molar-refractivity contribution < 1.29 is 39.8 Å². The first kappa shape index (κ1) is 19.7. The molecule has 1 aliphatic rings. The Morgan fingerprint density at radius 2 is 2.00 bits per heavy atom. The predicted molar refractivity (Wildman–Crippen MR) is 92.7 cm³/mol. The van der Waals surface area contributed by atoms with Crippen LogP contribution in [0.5, 0.6) is 11.5 Å². The summed E-state index contributed by atoms with van der Waals surface area (Å²) in [5, 5.41) is 50.5. The van der Waals surface area contributed by atoms with Crippen molar-refractivity contribution in [3.63, 3.8) is 0 Å². The number of thiazole rings is 1. The van der Waals surface area contributed by atoms with Crippen LogP contribution in [0, 0.1) is 0 Å². The van der Waals surface area contributed by atoms with Crippen LogP contribution >= 0.6 is 11.3 Å². The Hall–Kier alpha value is -2.08. The van der Waals surface area contributed by atoms with Gasteiger partial charge in [0, 0.05) is 11.4 Å². The number of carbonyl (C=O) groups excluding carboxylic acids is 1. The molecule has 146 valence electrons. The largest absolute Gasteiger partial charge is 0.507 e. The SMILES string of the molecule is O=C(Cc1cscn1)c1ccc(O[C@@H]2O[C@H](CO)[C@@H](O)[C@H](O)[C@H]2O)cc1O. The molecule has 2 aromatic rings. The molecule has 1 aromatic heterocycles. The molecule has 0 spiro atoms. The van der Waals surface area contributed by atoms with Crippen LogP contribution in [0.3, 0.4) is 0 Å². The minimum absolute atomic E-state index is 0.0456. The number of hydrogen-bond acceptors (Lipinski definition) is 10. The van der Waals surface area contributed by atoms with Crippen molar-refractivity contribution in [2.75, 3.05) is 6.61 Å². The van der Waals surface area contributed by atoms with Gasteiger partial charge in [-0.25, -0.2) is 4.98 Å². The van der Waals surface area contributed by atoms with E-state index in [1.54, 1.807) is 10.9 Å². The van der Waals surface area contributed by atoms with Gasteiger partial charge >= 0.3 is 0 Å². The van der Waals surface area contributed by atoms with Crippen LogP contribution in [0.1, 0.15) is 16.1 Å². The maximum atomic E-state index is 12.3. The Morgan fingerprint density at radius 1 is 1.22 bits per heavy atom. The smallest absolute Gasteiger partial charge is 0.229 e. The van der Waals surface area contributed by atoms with Crippen molar-refractivity contribution in [2.24, 2.45) is 0 Å². The molecular weight excluding hydrogens is 378 g/mol. The number of phenolic OH excluding ortho intramolecular Hbond substituents is 1. The first-order valence-electron chi connectivity index (χ1n) is 8.11. The molecule has 0 aliphatic carbocycles. The number of ether oxygens (including phenoxy) is 2. The second-order valence-corrected chi connectivity index (χ2v) is 6.79. The van der Waals surface area contributed by atoms with Crippen LogP contribution in [0.25, 0.3) is 0 Å². The van der Waals surface area contributed by atoms with Crippen molar-refractivity contribution in [3.05, 3.63) is 40.3 Å². The summed E-state index contributed by atoms with van der Waals surface area (Å²) in [7, 11) is 0. The molecule has 1 aromatic carbocycles. The van der Waals surface area contributed by atoms with Gasteiger partial charge in [-0.1, -0.05) is 0 Å². The lowest BCUT2D eigenvalue weighted by Crippen LogP contribution is -2.60. The summed E-state index contributed by atoms with van der Waals surface area (Å²) in [6.45, 7) is -0.583. The summed E-state index contributed by atoms with van der Waals surface area (Å²) in [5.41, 5.74) is 2.30. The second-order valence-electron chi connectivity index (χ2n) is 6.07. The molecule has 27 heavy (non-hydrogen) atoms. The normalized spacial score (nSPS) is 28.1. The monoisotopic (exact) mass is 397 g/mol. The molecule has 1 saturated heterocycles. The number of benzene rings is 1. The van der Waals surface area contributed by atoms with E-state index in [4.69, 9.17) is 9.47 Å². The molecule has 2 heterocycles. The number of hydrogen-bond donors (Lipinski definition) is 5. The molecule has 0 bridgehead atoms. The van der Waals surface area contributed by atoms with Gasteiger partial charge in [-0.3, -0.25) is 4.79 Å². The quantitative estimate of drug-likeness (QED) is 0.405. The molecule has 9 nitrogen and oxygen atoms in total. The van der Waals surface area contributed by atoms with Gasteiger partial charge in [-0.05, 0) is 12.1 Å². The average molecular weight is 397 g/mol. The van der Waals surface area contributed by atoms with Gasteiger partial charge in [0.05, 0.1) is 29.8 Å². The molecule has 1 fully saturated rings. The average Bonchev–Trinajstić information content (AvgIpc) is 3.15. The molecule has 0 radical (unpaired) electrons. The Balaban J connectivity index is 1.71. The molecule has 0 saturated carbocycles. The van der Waals surface area contributed by atoms with E-state index in [2.05, 4.69) is 4.98 Å². The third-order valence-electron chi connectivity index (χ3n) is 4.20. The summed E-state index contributed by atoms with van der Waals surface area (Å²) in [4.78, 5) is 16.3. The lowest BCUT2D eigenvalue weighted by atomic mass is 9.99. The summed E-state index contributed by atoms with van der Waals surface area (Å²) in [6.07, 6.45) is -7.09. The summed E-state index contributed by atoms with van der Waals surface area (Å²) < 4.78 is 10.6. The zero-order valence-corrected chi connectivity index (χ0v) is 14.8. The van der Waals surface area contributed by atoms with E-state index in [-0.39, 0.29) is 29.3 Å². The lowest BCUT2D eigenvalue weighted by Gasteiger charge is -2.39. The van der Waals surface area contributed by atoms with Crippen molar-refractivity contribution in [3.8, 4) is 11.5 Å². The standard InChI is InChI=1S/C17H19NO8S/c19-5-13-14(22)15(23)16(24)17(26-13)25-9-1-2-10(12(21)4-9)11(20)3-8-6-27-7-18-8/h1-2,4,6-7,13-17,19,21-24H,3,5H2/t13-,14-,15+,16-,17-/m1/s1. The first-order chi connectivity index (χ1) is 12.9. The first-order valence-corrected chi connectivity index (χ1v) is 9.05. The summed E-state index contributed by atoms with van der Waals surface area (Å²) in [6, 6.07) is 3.94. The van der Waals surface area contributed by atoms with Crippen LogP contribution in [0.15, 0.2) is 29.1 Å². The van der Waals surface area contributed by atoms with E-state index >= 15 is 0 Å². The van der Waals surface area contributed by atoms with E-state index in [1.165, 1.54) is 29.5 Å². The number of Topliss-reactive ketones (excluding diaryl/α,β-unsaturated/α-hetero) is 1. The number of aromatic hydroxyl groups is 1. The van der Waals surface area contributed by atoms with Gasteiger partial charge in [-0.15, -0.1) is 11.3 Å². The Bertz CT molecular complexity index is 781. The van der Waals surface area contributed by atoms with Crippen LogP contribution in [0.2, 0.25) is 0 Å². The Kier molecular flexibility index (Phi) is 6.05. The fourth-order valence-corrected chi connectivity index (χ4v) is 3.26. The topological polar surface area (TPSA) is 150 Å². The minimum atomic E-state index is -1.58. The molecule has 10 heteroatoms. The van der Waals surface area contributed by atoms with Crippen molar-refractivity contribution in [1.82, 2.24) is 4.98 Å². The van der Waals surface area contributed by atoms with E-state index in [9.17, 15) is 30.3 Å². The fraction of sp³-hybridized carbons (Fsp3) is 0.412. The molecule has 5 atom stereocenters. The highest BCUT2D eigenvalue weighted by molar-refractivity contribution is 7.07. The molecule has 0 amide bonds. The van der Waals surface area contributed by atoms with Crippen LogP contribution < -0.4 is 4.74 Å². The van der Waals surface area contributed by atoms with Gasteiger partial charge in [0.1, 0.15) is 35.9 Å². The molecule has 1 aliphatic heterocycles. The van der Waals surface area contributed by atoms with Gasteiger partial charge in [0.25, 0.3) is 0 Å². The number of ketones is 1. The third-order valence-corrected chi connectivity index (χ3v) is 4.83. The lowest BCUT2D eigenvalue weighted by molar-refractivity contribution is -0.277. The predicted octanol–water partition coefficient (Wildman–Crippen LogP) is -0.547. The maximum absolute atomic E-state index is 12.3. The Morgan fingerprint density at radius 3 is 2.63 bits per heavy atom. The zero-order valence-electron chi connectivity index (χ0n) is 14.0. The van der Waals surface area contributed by atoms with Crippen molar-refractivity contribution in [2.45, 2.75) is 37.1 Å². The van der Waals surface area contributed by atoms with Crippen LogP contribution in [-0.4, -0.2) is 73.6 Å². The number of nitrogens with zero attached hydrogens (tertiary/aromatic N) is 1. The Labute approximate surface area is 158 Å². The number of phenols is 1. The van der Waals surface area contributed by atoms with E-state index < -0.39 is 37.3 Å². The number of carbonyl (C=O) groups is 1. The summed E-state index contributed by atoms with van der Waals surface area (Å²) in [5.74, 6) is -0.572. The highest BCUT2D eigenvalue weighted by Gasteiger charge is 2.44. The highest BCUT2D eigenvalue weighted by Crippen LogP contribution is 2.29. The van der Waals surface area contributed by atoms with Crippen LogP contribution in [0.4, 0.5) is 0 Å². The highest BCUT2D eigenvalue weighted by atomic mass is 32.1. The second kappa shape index (κ2) is 8.30. The van der Waals surface area contributed by atoms with E-state index in [1.807, 2.05) is 0 Å². The third kappa shape index (κ3) is 4.26.